The molecule has 0 saturated heterocycles. The van der Waals surface area contributed by atoms with Crippen LogP contribution in [0.2, 0.25) is 0 Å². The molecule has 0 aliphatic carbocycles. The van der Waals surface area contributed by atoms with Crippen molar-refractivity contribution in [3.8, 4) is 0 Å². The van der Waals surface area contributed by atoms with E-state index in [-0.39, 0.29) is 11.8 Å². The molecule has 0 aromatic heterocycles. The number of fused-ring (bicyclic) bond motifs is 1. The van der Waals surface area contributed by atoms with Gasteiger partial charge in [-0.15, -0.1) is 0 Å². The third kappa shape index (κ3) is 5.18. The highest BCUT2D eigenvalue weighted by Gasteiger charge is 2.48. The quantitative estimate of drug-likeness (QED) is 0.297. The highest BCUT2D eigenvalue weighted by atomic mass is 16.2. The molecule has 0 bridgehead atoms. The number of unbranched alkanes of at least 4 members (excludes halogenated alkanes) is 6. The highest BCUT2D eigenvalue weighted by Crippen LogP contribution is 2.46. The molecule has 0 atom stereocenters. The Balaban J connectivity index is 1.83. The number of amides is 2. The van der Waals surface area contributed by atoms with Crippen LogP contribution in [-0.2, 0) is 9.59 Å². The predicted octanol–water partition coefficient (Wildman–Crippen LogP) is 7.27. The molecule has 190 valence electrons. The van der Waals surface area contributed by atoms with Gasteiger partial charge in [-0.3, -0.25) is 9.59 Å². The Morgan fingerprint density at radius 1 is 0.528 bits per heavy atom. The van der Waals surface area contributed by atoms with Crippen LogP contribution in [0.4, 0.5) is 0 Å². The molecule has 0 unspecified atom stereocenters. The minimum atomic E-state index is -0.0305. The predicted molar refractivity (Wildman–Crippen MR) is 148 cm³/mol. The van der Waals surface area contributed by atoms with E-state index >= 15 is 0 Å². The first-order chi connectivity index (χ1) is 17.5. The van der Waals surface area contributed by atoms with Crippen LogP contribution in [0.1, 0.15) is 87.5 Å². The van der Waals surface area contributed by atoms with Gasteiger partial charge < -0.3 is 9.80 Å². The molecular formula is C32H40N2O2. The van der Waals surface area contributed by atoms with E-state index in [9.17, 15) is 9.59 Å². The Bertz CT molecular complexity index is 1060. The molecule has 4 heteroatoms. The molecule has 4 nitrogen and oxygen atoms in total. The van der Waals surface area contributed by atoms with Gasteiger partial charge in [0.2, 0.25) is 0 Å². The normalized spacial score (nSPS) is 15.6. The minimum absolute atomic E-state index is 0.0305. The highest BCUT2D eigenvalue weighted by molar-refractivity contribution is 6.30. The fraction of sp³-hybridized carbons (Fsp3) is 0.438. The Hall–Kier alpha value is -3.14. The lowest BCUT2D eigenvalue weighted by Crippen LogP contribution is -2.31. The van der Waals surface area contributed by atoms with Crippen LogP contribution in [0.5, 0.6) is 0 Å². The van der Waals surface area contributed by atoms with Crippen molar-refractivity contribution in [3.63, 3.8) is 0 Å². The van der Waals surface area contributed by atoms with Crippen molar-refractivity contribution in [2.45, 2.75) is 79.1 Å². The van der Waals surface area contributed by atoms with E-state index in [2.05, 4.69) is 76.2 Å². The van der Waals surface area contributed by atoms with E-state index in [1.165, 1.54) is 0 Å². The van der Waals surface area contributed by atoms with Crippen LogP contribution in [0.25, 0.3) is 11.4 Å². The second-order valence-electron chi connectivity index (χ2n) is 10.2. The maximum absolute atomic E-state index is 14.1. The van der Waals surface area contributed by atoms with Gasteiger partial charge in [-0.25, -0.2) is 0 Å². The van der Waals surface area contributed by atoms with Gasteiger partial charge in [0.15, 0.2) is 0 Å². The summed E-state index contributed by atoms with van der Waals surface area (Å²) in [6.45, 7) is 9.78. The smallest absolute Gasteiger partial charge is 0.261 e. The van der Waals surface area contributed by atoms with Crippen molar-refractivity contribution in [1.29, 1.82) is 0 Å². The summed E-state index contributed by atoms with van der Waals surface area (Å²) in [6, 6.07) is 16.5. The van der Waals surface area contributed by atoms with Crippen molar-refractivity contribution in [2.75, 3.05) is 13.1 Å². The zero-order valence-corrected chi connectivity index (χ0v) is 22.4. The van der Waals surface area contributed by atoms with Gasteiger partial charge in [0, 0.05) is 13.1 Å². The average molecular weight is 485 g/mol. The van der Waals surface area contributed by atoms with Gasteiger partial charge >= 0.3 is 0 Å². The summed E-state index contributed by atoms with van der Waals surface area (Å²) in [4.78, 5) is 31.9. The number of nitrogens with zero attached hydrogens (tertiary/aromatic N) is 2. The van der Waals surface area contributed by atoms with Crippen LogP contribution >= 0.6 is 0 Å². The summed E-state index contributed by atoms with van der Waals surface area (Å²) >= 11 is 0. The van der Waals surface area contributed by atoms with E-state index in [0.29, 0.717) is 24.2 Å². The number of carbonyl (C=O) groups is 2. The molecule has 0 spiro atoms. The summed E-state index contributed by atoms with van der Waals surface area (Å²) in [5.74, 6) is -0.0610. The summed E-state index contributed by atoms with van der Waals surface area (Å²) in [7, 11) is 0. The van der Waals surface area contributed by atoms with E-state index in [4.69, 9.17) is 0 Å². The Morgan fingerprint density at radius 3 is 1.22 bits per heavy atom. The number of hydrogen-bond acceptors (Lipinski definition) is 2. The number of rotatable bonds is 12. The number of hydrogen-bond donors (Lipinski definition) is 0. The summed E-state index contributed by atoms with van der Waals surface area (Å²) in [5, 5.41) is 0. The first-order valence-electron chi connectivity index (χ1n) is 13.7. The van der Waals surface area contributed by atoms with Crippen LogP contribution < -0.4 is 0 Å². The summed E-state index contributed by atoms with van der Waals surface area (Å²) in [6.07, 6.45) is 8.63. The fourth-order valence-corrected chi connectivity index (χ4v) is 5.24. The van der Waals surface area contributed by atoms with Gasteiger partial charge in [-0.1, -0.05) is 112 Å². The van der Waals surface area contributed by atoms with Gasteiger partial charge in [-0.2, -0.15) is 0 Å². The molecule has 0 fully saturated rings. The standard InChI is InChI=1S/C32H40N2O2/c1-5-7-9-11-21-33-29(25-17-13-23(3)14-18-25)27-28(31(33)35)30(26-19-15-24(4)16-20-26)34(32(27)36)22-12-10-8-6-2/h13-20H,5-12,21-22H2,1-4H3. The molecule has 2 aliphatic rings. The first kappa shape index (κ1) is 25.9. The molecule has 0 radical (unpaired) electrons. The van der Waals surface area contributed by atoms with E-state index < -0.39 is 0 Å². The molecular weight excluding hydrogens is 444 g/mol. The summed E-state index contributed by atoms with van der Waals surface area (Å²) in [5.41, 5.74) is 6.96. The molecule has 36 heavy (non-hydrogen) atoms. The molecule has 0 N–H and O–H groups in total. The van der Waals surface area contributed by atoms with Gasteiger partial charge in [0.1, 0.15) is 0 Å². The lowest BCUT2D eigenvalue weighted by atomic mass is 10.0. The molecule has 0 saturated carbocycles. The zero-order chi connectivity index (χ0) is 25.7. The zero-order valence-electron chi connectivity index (χ0n) is 22.4. The van der Waals surface area contributed by atoms with E-state index in [1.54, 1.807) is 0 Å². The maximum atomic E-state index is 14.1. The molecule has 2 aliphatic heterocycles. The van der Waals surface area contributed by atoms with Crippen LogP contribution in [-0.4, -0.2) is 34.7 Å². The third-order valence-corrected chi connectivity index (χ3v) is 7.30. The van der Waals surface area contributed by atoms with Crippen molar-refractivity contribution in [3.05, 3.63) is 81.9 Å². The second kappa shape index (κ2) is 11.7. The average Bonchev–Trinajstić information content (AvgIpc) is 3.32. The monoisotopic (exact) mass is 484 g/mol. The number of benzene rings is 2. The SMILES string of the molecule is CCCCCCN1C(=O)C2=C(c3ccc(C)cc3)N(CCCCCC)C(=O)C2=C1c1ccc(C)cc1. The van der Waals surface area contributed by atoms with Gasteiger partial charge in [-0.05, 0) is 37.8 Å². The lowest BCUT2D eigenvalue weighted by Gasteiger charge is -2.25. The van der Waals surface area contributed by atoms with E-state index in [1.807, 2.05) is 9.80 Å². The first-order valence-corrected chi connectivity index (χ1v) is 13.7. The van der Waals surface area contributed by atoms with Crippen LogP contribution in [0, 0.1) is 13.8 Å². The topological polar surface area (TPSA) is 40.6 Å². The Kier molecular flexibility index (Phi) is 8.45. The molecule has 2 aromatic rings. The summed E-state index contributed by atoms with van der Waals surface area (Å²) < 4.78 is 0. The Labute approximate surface area is 216 Å². The van der Waals surface area contributed by atoms with Gasteiger partial charge in [0.25, 0.3) is 11.8 Å². The number of aryl methyl sites for hydroxylation is 2. The molecule has 4 rings (SSSR count). The van der Waals surface area contributed by atoms with Crippen molar-refractivity contribution < 1.29 is 9.59 Å². The van der Waals surface area contributed by atoms with Gasteiger partial charge in [0.05, 0.1) is 22.5 Å². The van der Waals surface area contributed by atoms with Crippen molar-refractivity contribution >= 4 is 23.2 Å². The second-order valence-corrected chi connectivity index (χ2v) is 10.2. The number of carbonyl (C=O) groups excluding carboxylic acids is 2. The van der Waals surface area contributed by atoms with Crippen LogP contribution in [0.3, 0.4) is 0 Å². The Morgan fingerprint density at radius 2 is 0.889 bits per heavy atom. The van der Waals surface area contributed by atoms with Crippen molar-refractivity contribution in [2.24, 2.45) is 0 Å². The minimum Gasteiger partial charge on any atom is -0.307 e. The fourth-order valence-electron chi connectivity index (χ4n) is 5.24. The largest absolute Gasteiger partial charge is 0.307 e. The molecule has 2 heterocycles. The molecule has 2 amide bonds. The lowest BCUT2D eigenvalue weighted by molar-refractivity contribution is -0.124. The van der Waals surface area contributed by atoms with E-state index in [0.717, 1.165) is 85.0 Å². The maximum Gasteiger partial charge on any atom is 0.261 e. The molecule has 2 aromatic carbocycles. The van der Waals surface area contributed by atoms with Crippen molar-refractivity contribution in [1.82, 2.24) is 9.80 Å². The third-order valence-electron chi connectivity index (χ3n) is 7.30. The van der Waals surface area contributed by atoms with Crippen LogP contribution in [0.15, 0.2) is 59.7 Å².